The largest absolute Gasteiger partial charge is 0.378 e. The Morgan fingerprint density at radius 2 is 1.76 bits per heavy atom. The first-order valence-corrected chi connectivity index (χ1v) is 10.1. The lowest BCUT2D eigenvalue weighted by atomic mass is 10.00. The van der Waals surface area contributed by atoms with E-state index >= 15 is 0 Å². The lowest BCUT2D eigenvalue weighted by Crippen LogP contribution is -2.40. The summed E-state index contributed by atoms with van der Waals surface area (Å²) in [6, 6.07) is 8.73. The first-order chi connectivity index (χ1) is 14.3. The third-order valence-electron chi connectivity index (χ3n) is 5.71. The zero-order valence-electron chi connectivity index (χ0n) is 16.6. The van der Waals surface area contributed by atoms with Crippen LogP contribution in [0.5, 0.6) is 0 Å². The van der Waals surface area contributed by atoms with E-state index in [-0.39, 0.29) is 0 Å². The van der Waals surface area contributed by atoms with Gasteiger partial charge in [0.1, 0.15) is 0 Å². The summed E-state index contributed by atoms with van der Waals surface area (Å²) in [5.41, 5.74) is 3.79. The summed E-state index contributed by atoms with van der Waals surface area (Å²) in [6.45, 7) is 6.84. The van der Waals surface area contributed by atoms with Crippen LogP contribution in [0.3, 0.4) is 0 Å². The Morgan fingerprint density at radius 3 is 2.59 bits per heavy atom. The van der Waals surface area contributed by atoms with Crippen LogP contribution < -0.4 is 9.80 Å². The maximum atomic E-state index is 5.49. The Kier molecular flexibility index (Phi) is 4.99. The number of rotatable bonds is 5. The third-order valence-corrected chi connectivity index (χ3v) is 5.71. The van der Waals surface area contributed by atoms with Crippen molar-refractivity contribution in [1.82, 2.24) is 25.2 Å². The summed E-state index contributed by atoms with van der Waals surface area (Å²) in [6.07, 6.45) is 1.11. The zero-order valence-corrected chi connectivity index (χ0v) is 16.6. The van der Waals surface area contributed by atoms with Gasteiger partial charge in [-0.2, -0.15) is 0 Å². The van der Waals surface area contributed by atoms with Crippen LogP contribution >= 0.6 is 0 Å². The van der Waals surface area contributed by atoms with Gasteiger partial charge in [-0.1, -0.05) is 24.3 Å². The second-order valence-electron chi connectivity index (χ2n) is 7.60. The smallest absolute Gasteiger partial charge is 0.245 e. The molecule has 4 heterocycles. The molecular weight excluding hydrogens is 370 g/mol. The Hall–Kier alpha value is -2.78. The monoisotopic (exact) mass is 395 g/mol. The number of likely N-dealkylation sites (N-methyl/N-ethyl adjacent to an activating group) is 1. The molecule has 0 N–H and O–H groups in total. The molecule has 152 valence electrons. The van der Waals surface area contributed by atoms with E-state index in [4.69, 9.17) is 14.3 Å². The van der Waals surface area contributed by atoms with Crippen molar-refractivity contribution in [2.75, 3.05) is 62.8 Å². The van der Waals surface area contributed by atoms with Crippen molar-refractivity contribution in [3.05, 3.63) is 35.4 Å². The number of ether oxygens (including phenoxy) is 1. The Bertz CT molecular complexity index is 986. The number of fused-ring (bicyclic) bond motifs is 2. The summed E-state index contributed by atoms with van der Waals surface area (Å²) in [4.78, 5) is 16.3. The molecular formula is C20H25N7O2. The van der Waals surface area contributed by atoms with Gasteiger partial charge in [-0.05, 0) is 27.9 Å². The van der Waals surface area contributed by atoms with Gasteiger partial charge in [0.2, 0.25) is 11.3 Å². The molecule has 2 aliphatic heterocycles. The SMILES string of the molecule is CN(CCN1CCc2ccccc2C1)c1nc2nonc2nc1N1CCOCC1. The highest BCUT2D eigenvalue weighted by Crippen LogP contribution is 2.27. The molecule has 0 unspecified atom stereocenters. The van der Waals surface area contributed by atoms with E-state index in [1.165, 1.54) is 11.1 Å². The molecule has 9 heteroatoms. The zero-order chi connectivity index (χ0) is 19.6. The fourth-order valence-corrected chi connectivity index (χ4v) is 4.01. The Labute approximate surface area is 169 Å². The predicted octanol–water partition coefficient (Wildman–Crippen LogP) is 1.34. The minimum Gasteiger partial charge on any atom is -0.378 e. The number of benzene rings is 1. The summed E-state index contributed by atoms with van der Waals surface area (Å²) >= 11 is 0. The molecule has 29 heavy (non-hydrogen) atoms. The molecule has 0 spiro atoms. The van der Waals surface area contributed by atoms with Gasteiger partial charge in [-0.25, -0.2) is 14.6 Å². The van der Waals surface area contributed by atoms with Gasteiger partial charge in [-0.3, -0.25) is 4.90 Å². The van der Waals surface area contributed by atoms with Crippen molar-refractivity contribution in [2.45, 2.75) is 13.0 Å². The number of morpholine rings is 1. The summed E-state index contributed by atoms with van der Waals surface area (Å²) < 4.78 is 10.3. The van der Waals surface area contributed by atoms with Crippen LogP contribution in [0.15, 0.2) is 28.9 Å². The Morgan fingerprint density at radius 1 is 1.00 bits per heavy atom. The number of anilines is 2. The molecule has 0 amide bonds. The maximum absolute atomic E-state index is 5.49. The summed E-state index contributed by atoms with van der Waals surface area (Å²) in [7, 11) is 2.06. The van der Waals surface area contributed by atoms with Crippen molar-refractivity contribution in [2.24, 2.45) is 0 Å². The minimum absolute atomic E-state index is 0.441. The first kappa shape index (κ1) is 18.3. The van der Waals surface area contributed by atoms with E-state index in [9.17, 15) is 0 Å². The number of nitrogens with zero attached hydrogens (tertiary/aromatic N) is 7. The molecule has 5 rings (SSSR count). The van der Waals surface area contributed by atoms with Gasteiger partial charge >= 0.3 is 0 Å². The first-order valence-electron chi connectivity index (χ1n) is 10.1. The van der Waals surface area contributed by atoms with Crippen molar-refractivity contribution < 1.29 is 9.37 Å². The number of hydrogen-bond donors (Lipinski definition) is 0. The molecule has 1 saturated heterocycles. The fraction of sp³-hybridized carbons (Fsp3) is 0.500. The topological polar surface area (TPSA) is 83.7 Å². The second kappa shape index (κ2) is 7.92. The molecule has 0 atom stereocenters. The van der Waals surface area contributed by atoms with E-state index in [0.717, 1.165) is 57.3 Å². The second-order valence-corrected chi connectivity index (χ2v) is 7.60. The summed E-state index contributed by atoms with van der Waals surface area (Å²) in [5.74, 6) is 1.63. The van der Waals surface area contributed by atoms with Gasteiger partial charge in [0.15, 0.2) is 11.6 Å². The highest BCUT2D eigenvalue weighted by molar-refractivity contribution is 5.74. The molecule has 0 bridgehead atoms. The van der Waals surface area contributed by atoms with Crippen molar-refractivity contribution in [3.8, 4) is 0 Å². The third kappa shape index (κ3) is 3.75. The highest BCUT2D eigenvalue weighted by Gasteiger charge is 2.23. The normalized spacial score (nSPS) is 17.5. The van der Waals surface area contributed by atoms with Crippen LogP contribution in [0.25, 0.3) is 11.3 Å². The lowest BCUT2D eigenvalue weighted by molar-refractivity contribution is 0.122. The number of hydrogen-bond acceptors (Lipinski definition) is 9. The van der Waals surface area contributed by atoms with Gasteiger partial charge < -0.3 is 14.5 Å². The molecule has 1 fully saturated rings. The highest BCUT2D eigenvalue weighted by atomic mass is 16.6. The van der Waals surface area contributed by atoms with Crippen LogP contribution in [0.2, 0.25) is 0 Å². The molecule has 2 aromatic heterocycles. The van der Waals surface area contributed by atoms with Crippen LogP contribution in [-0.2, 0) is 17.7 Å². The van der Waals surface area contributed by atoms with E-state index in [2.05, 4.69) is 61.3 Å². The van der Waals surface area contributed by atoms with E-state index < -0.39 is 0 Å². The lowest BCUT2D eigenvalue weighted by Gasteiger charge is -2.33. The summed E-state index contributed by atoms with van der Waals surface area (Å²) in [5, 5.41) is 7.75. The van der Waals surface area contributed by atoms with Crippen LogP contribution in [-0.4, -0.2) is 78.2 Å². The van der Waals surface area contributed by atoms with Crippen molar-refractivity contribution in [1.29, 1.82) is 0 Å². The van der Waals surface area contributed by atoms with Crippen molar-refractivity contribution in [3.63, 3.8) is 0 Å². The molecule has 0 radical (unpaired) electrons. The molecule has 0 saturated carbocycles. The van der Waals surface area contributed by atoms with Gasteiger partial charge in [-0.15, -0.1) is 0 Å². The van der Waals surface area contributed by atoms with Crippen LogP contribution in [0.4, 0.5) is 11.6 Å². The Balaban J connectivity index is 1.33. The standard InChI is InChI=1S/C20H25N7O2/c1-25(8-9-26-7-6-15-4-2-3-5-16(15)14-26)19-20(27-10-12-28-13-11-27)22-18-17(21-19)23-29-24-18/h2-5H,6-14H2,1H3. The van der Waals surface area contributed by atoms with Gasteiger partial charge in [0.05, 0.1) is 13.2 Å². The quantitative estimate of drug-likeness (QED) is 0.635. The average Bonchev–Trinajstić information content (AvgIpc) is 3.24. The molecule has 0 aliphatic carbocycles. The number of aromatic nitrogens is 4. The maximum Gasteiger partial charge on any atom is 0.245 e. The van der Waals surface area contributed by atoms with Crippen LogP contribution in [0.1, 0.15) is 11.1 Å². The van der Waals surface area contributed by atoms with Crippen molar-refractivity contribution >= 4 is 22.9 Å². The van der Waals surface area contributed by atoms with Gasteiger partial charge in [0.25, 0.3) is 0 Å². The van der Waals surface area contributed by atoms with Crippen LogP contribution in [0, 0.1) is 0 Å². The molecule has 2 aliphatic rings. The molecule has 1 aromatic carbocycles. The van der Waals surface area contributed by atoms with Gasteiger partial charge in [0, 0.05) is 46.3 Å². The molecule has 9 nitrogen and oxygen atoms in total. The fourth-order valence-electron chi connectivity index (χ4n) is 4.01. The van der Waals surface area contributed by atoms with E-state index in [1.54, 1.807) is 0 Å². The average molecular weight is 395 g/mol. The predicted molar refractivity (Wildman–Crippen MR) is 109 cm³/mol. The van der Waals surface area contributed by atoms with E-state index in [1.807, 2.05) is 0 Å². The molecule has 3 aromatic rings. The van der Waals surface area contributed by atoms with E-state index in [0.29, 0.717) is 24.5 Å². The minimum atomic E-state index is 0.441.